The minimum atomic E-state index is -0.719. The number of benzene rings is 2. The maximum absolute atomic E-state index is 13.2. The van der Waals surface area contributed by atoms with Gasteiger partial charge in [-0.1, -0.05) is 30.3 Å². The molecule has 0 unspecified atom stereocenters. The normalized spacial score (nSPS) is 16.7. The third-order valence-electron chi connectivity index (χ3n) is 5.07. The zero-order chi connectivity index (χ0) is 21.3. The van der Waals surface area contributed by atoms with Crippen molar-refractivity contribution in [2.75, 3.05) is 19.8 Å². The third-order valence-corrected chi connectivity index (χ3v) is 5.07. The van der Waals surface area contributed by atoms with Crippen molar-refractivity contribution in [3.63, 3.8) is 0 Å². The number of hydrogen-bond donors (Lipinski definition) is 1. The molecule has 0 saturated carbocycles. The third kappa shape index (κ3) is 6.29. The van der Waals surface area contributed by atoms with Crippen LogP contribution in [0.25, 0.3) is 0 Å². The van der Waals surface area contributed by atoms with Crippen LogP contribution in [-0.2, 0) is 20.9 Å². The van der Waals surface area contributed by atoms with E-state index in [4.69, 9.17) is 9.47 Å². The number of carbonyl (C=O) groups is 2. The summed E-state index contributed by atoms with van der Waals surface area (Å²) in [6.07, 6.45) is 1.92. The van der Waals surface area contributed by atoms with Crippen molar-refractivity contribution >= 4 is 11.8 Å². The minimum absolute atomic E-state index is 0.0174. The lowest BCUT2D eigenvalue weighted by atomic mass is 10.1. The molecule has 0 radical (unpaired) electrons. The number of carbonyl (C=O) groups excluding carboxylic acids is 2. The topological polar surface area (TPSA) is 67.9 Å². The quantitative estimate of drug-likeness (QED) is 0.685. The second-order valence-corrected chi connectivity index (χ2v) is 7.31. The highest BCUT2D eigenvalue weighted by atomic mass is 19.1. The molecule has 1 heterocycles. The average molecular weight is 414 g/mol. The van der Waals surface area contributed by atoms with Crippen LogP contribution < -0.4 is 10.1 Å². The van der Waals surface area contributed by atoms with E-state index in [1.807, 2.05) is 18.2 Å². The van der Waals surface area contributed by atoms with E-state index in [0.29, 0.717) is 18.9 Å². The number of rotatable bonds is 9. The average Bonchev–Trinajstić information content (AvgIpc) is 3.29. The van der Waals surface area contributed by atoms with Crippen molar-refractivity contribution in [2.45, 2.75) is 38.5 Å². The van der Waals surface area contributed by atoms with Gasteiger partial charge in [-0.05, 0) is 49.6 Å². The Balaban J connectivity index is 1.65. The van der Waals surface area contributed by atoms with E-state index in [9.17, 15) is 14.0 Å². The molecule has 2 aromatic rings. The van der Waals surface area contributed by atoms with Crippen LogP contribution in [0, 0.1) is 5.82 Å². The molecule has 2 atom stereocenters. The van der Waals surface area contributed by atoms with Gasteiger partial charge in [0.15, 0.2) is 6.61 Å². The molecule has 160 valence electrons. The predicted octanol–water partition coefficient (Wildman–Crippen LogP) is 2.92. The van der Waals surface area contributed by atoms with Gasteiger partial charge >= 0.3 is 0 Å². The molecule has 30 heavy (non-hydrogen) atoms. The molecule has 0 spiro atoms. The fourth-order valence-electron chi connectivity index (χ4n) is 3.28. The van der Waals surface area contributed by atoms with Crippen molar-refractivity contribution in [1.29, 1.82) is 0 Å². The second kappa shape index (κ2) is 10.7. The Bertz CT molecular complexity index is 823. The maximum atomic E-state index is 13.2. The number of nitrogens with zero attached hydrogens (tertiary/aromatic N) is 1. The molecule has 1 saturated heterocycles. The maximum Gasteiger partial charge on any atom is 0.261 e. The smallest absolute Gasteiger partial charge is 0.261 e. The van der Waals surface area contributed by atoms with Gasteiger partial charge in [0.25, 0.3) is 5.91 Å². The Labute approximate surface area is 176 Å². The fourth-order valence-corrected chi connectivity index (χ4v) is 3.28. The van der Waals surface area contributed by atoms with Crippen LogP contribution in [0.4, 0.5) is 4.39 Å². The molecule has 0 bridgehead atoms. The lowest BCUT2D eigenvalue weighted by Gasteiger charge is -2.29. The van der Waals surface area contributed by atoms with Crippen LogP contribution in [0.3, 0.4) is 0 Å². The molecule has 2 aromatic carbocycles. The molecule has 0 aliphatic carbocycles. The summed E-state index contributed by atoms with van der Waals surface area (Å²) in [7, 11) is 0. The van der Waals surface area contributed by atoms with Crippen molar-refractivity contribution in [3.05, 3.63) is 66.0 Å². The van der Waals surface area contributed by atoms with E-state index < -0.39 is 6.04 Å². The Morgan fingerprint density at radius 2 is 1.93 bits per heavy atom. The summed E-state index contributed by atoms with van der Waals surface area (Å²) in [5, 5.41) is 2.87. The Hall–Kier alpha value is -2.93. The van der Waals surface area contributed by atoms with Gasteiger partial charge < -0.3 is 19.7 Å². The monoisotopic (exact) mass is 414 g/mol. The van der Waals surface area contributed by atoms with E-state index in [1.54, 1.807) is 31.2 Å². The SMILES string of the molecule is C[C@H](C(=O)NC[C@H]1CCCO1)N(Cc1ccc(F)cc1)C(=O)COc1ccccc1. The summed E-state index contributed by atoms with van der Waals surface area (Å²) in [6, 6.07) is 14.2. The highest BCUT2D eigenvalue weighted by Gasteiger charge is 2.27. The molecule has 3 rings (SSSR count). The van der Waals surface area contributed by atoms with Crippen LogP contribution in [0.5, 0.6) is 5.75 Å². The molecule has 1 fully saturated rings. The summed E-state index contributed by atoms with van der Waals surface area (Å²) in [4.78, 5) is 27.1. The Morgan fingerprint density at radius 1 is 1.20 bits per heavy atom. The first kappa shape index (κ1) is 21.8. The largest absolute Gasteiger partial charge is 0.484 e. The van der Waals surface area contributed by atoms with Gasteiger partial charge in [-0.2, -0.15) is 0 Å². The van der Waals surface area contributed by atoms with E-state index in [0.717, 1.165) is 18.4 Å². The van der Waals surface area contributed by atoms with E-state index in [1.165, 1.54) is 17.0 Å². The zero-order valence-corrected chi connectivity index (χ0v) is 17.1. The first-order valence-electron chi connectivity index (χ1n) is 10.1. The first-order chi connectivity index (χ1) is 14.5. The molecule has 6 nitrogen and oxygen atoms in total. The number of amides is 2. The molecule has 1 aliphatic rings. The van der Waals surface area contributed by atoms with Gasteiger partial charge in [0.05, 0.1) is 6.10 Å². The Kier molecular flexibility index (Phi) is 7.79. The van der Waals surface area contributed by atoms with Gasteiger partial charge in [-0.3, -0.25) is 9.59 Å². The summed E-state index contributed by atoms with van der Waals surface area (Å²) in [5.74, 6) is -0.377. The molecule has 1 N–H and O–H groups in total. The van der Waals surface area contributed by atoms with E-state index in [-0.39, 0.29) is 36.9 Å². The van der Waals surface area contributed by atoms with Crippen molar-refractivity contribution in [3.8, 4) is 5.75 Å². The molecule has 0 aromatic heterocycles. The summed E-state index contributed by atoms with van der Waals surface area (Å²) < 4.78 is 24.4. The standard InChI is InChI=1S/C23H27FN2O4/c1-17(23(28)25-14-21-8-5-13-29-21)26(15-18-9-11-19(24)12-10-18)22(27)16-30-20-6-3-2-4-7-20/h2-4,6-7,9-12,17,21H,5,8,13-16H2,1H3,(H,25,28)/t17-,21-/m1/s1. The van der Waals surface area contributed by atoms with Crippen LogP contribution in [0.1, 0.15) is 25.3 Å². The minimum Gasteiger partial charge on any atom is -0.484 e. The lowest BCUT2D eigenvalue weighted by molar-refractivity contribution is -0.142. The number of nitrogens with one attached hydrogen (secondary N) is 1. The van der Waals surface area contributed by atoms with Gasteiger partial charge in [0.1, 0.15) is 17.6 Å². The molecular formula is C23H27FN2O4. The highest BCUT2D eigenvalue weighted by Crippen LogP contribution is 2.14. The predicted molar refractivity (Wildman–Crippen MR) is 110 cm³/mol. The van der Waals surface area contributed by atoms with Gasteiger partial charge in [-0.15, -0.1) is 0 Å². The number of hydrogen-bond acceptors (Lipinski definition) is 4. The van der Waals surface area contributed by atoms with Crippen molar-refractivity contribution in [2.24, 2.45) is 0 Å². The van der Waals surface area contributed by atoms with Crippen LogP contribution in [-0.4, -0.2) is 48.6 Å². The highest BCUT2D eigenvalue weighted by molar-refractivity contribution is 5.88. The summed E-state index contributed by atoms with van der Waals surface area (Å²) in [5.41, 5.74) is 0.725. The number of halogens is 1. The first-order valence-corrected chi connectivity index (χ1v) is 10.1. The van der Waals surface area contributed by atoms with Crippen molar-refractivity contribution < 1.29 is 23.5 Å². The fraction of sp³-hybridized carbons (Fsp3) is 0.391. The molecule has 1 aliphatic heterocycles. The van der Waals surface area contributed by atoms with Gasteiger partial charge in [0.2, 0.25) is 5.91 Å². The molecule has 7 heteroatoms. The lowest BCUT2D eigenvalue weighted by Crippen LogP contribution is -2.50. The second-order valence-electron chi connectivity index (χ2n) is 7.31. The molecular weight excluding hydrogens is 387 g/mol. The summed E-state index contributed by atoms with van der Waals surface area (Å²) in [6.45, 7) is 2.78. The van der Waals surface area contributed by atoms with E-state index in [2.05, 4.69) is 5.32 Å². The molecule has 2 amide bonds. The van der Waals surface area contributed by atoms with Crippen LogP contribution in [0.15, 0.2) is 54.6 Å². The van der Waals surface area contributed by atoms with Gasteiger partial charge in [-0.25, -0.2) is 4.39 Å². The van der Waals surface area contributed by atoms with Gasteiger partial charge in [0, 0.05) is 19.7 Å². The van der Waals surface area contributed by atoms with E-state index >= 15 is 0 Å². The van der Waals surface area contributed by atoms with Crippen LogP contribution >= 0.6 is 0 Å². The van der Waals surface area contributed by atoms with Crippen molar-refractivity contribution in [1.82, 2.24) is 10.2 Å². The number of ether oxygens (including phenoxy) is 2. The zero-order valence-electron chi connectivity index (χ0n) is 17.1. The Morgan fingerprint density at radius 3 is 2.60 bits per heavy atom. The van der Waals surface area contributed by atoms with Crippen LogP contribution in [0.2, 0.25) is 0 Å². The summed E-state index contributed by atoms with van der Waals surface area (Å²) >= 11 is 0. The number of para-hydroxylation sites is 1.